The number of hydrogen-bond donors (Lipinski definition) is 0. The molecule has 158 valence electrons. The van der Waals surface area contributed by atoms with E-state index in [1.54, 1.807) is 0 Å². The fourth-order valence-corrected chi connectivity index (χ4v) is 5.12. The van der Waals surface area contributed by atoms with Gasteiger partial charge in [-0.2, -0.15) is 13.2 Å². The minimum Gasteiger partial charge on any atom is -0.206 e. The minimum absolute atomic E-state index is 0.117. The molecule has 0 saturated heterocycles. The number of fused-ring (bicyclic) bond motifs is 3. The quantitative estimate of drug-likeness (QED) is 0.338. The van der Waals surface area contributed by atoms with E-state index in [0.29, 0.717) is 23.6 Å². The predicted octanol–water partition coefficient (Wildman–Crippen LogP) is 7.24. The maximum Gasteiger partial charge on any atom is 0.422 e. The first kappa shape index (κ1) is 20.9. The fraction of sp³-hybridized carbons (Fsp3) is 0.440. The van der Waals surface area contributed by atoms with E-state index >= 15 is 0 Å². The van der Waals surface area contributed by atoms with E-state index in [4.69, 9.17) is 0 Å². The van der Waals surface area contributed by atoms with Crippen LogP contribution in [0.4, 0.5) is 22.0 Å². The third-order valence-electron chi connectivity index (χ3n) is 6.67. The van der Waals surface area contributed by atoms with Gasteiger partial charge in [0.25, 0.3) is 0 Å². The van der Waals surface area contributed by atoms with E-state index < -0.39 is 23.4 Å². The molecule has 30 heavy (non-hydrogen) atoms. The van der Waals surface area contributed by atoms with E-state index in [0.717, 1.165) is 18.3 Å². The lowest BCUT2D eigenvalue weighted by atomic mass is 9.65. The first-order chi connectivity index (χ1) is 14.3. The van der Waals surface area contributed by atoms with Gasteiger partial charge in [0.2, 0.25) is 0 Å². The normalized spacial score (nSPS) is 23.2. The zero-order chi connectivity index (χ0) is 21.5. The average Bonchev–Trinajstić information content (AvgIpc) is 2.69. The SMILES string of the molecule is CC[C@@H]1CC[C@@H]2c3ccc(C#Cc4cc(F)c(C(F)(F)F)c(F)c4)cc3CC[C@@H]2C1. The lowest BCUT2D eigenvalue weighted by Crippen LogP contribution is -2.27. The summed E-state index contributed by atoms with van der Waals surface area (Å²) < 4.78 is 65.6. The highest BCUT2D eigenvalue weighted by molar-refractivity contribution is 5.48. The van der Waals surface area contributed by atoms with Crippen LogP contribution in [0, 0.1) is 35.3 Å². The van der Waals surface area contributed by atoms with Crippen molar-refractivity contribution in [2.45, 2.75) is 57.5 Å². The van der Waals surface area contributed by atoms with Crippen molar-refractivity contribution in [2.24, 2.45) is 11.8 Å². The van der Waals surface area contributed by atoms with Crippen molar-refractivity contribution < 1.29 is 22.0 Å². The first-order valence-electron chi connectivity index (χ1n) is 10.5. The number of hydrogen-bond acceptors (Lipinski definition) is 0. The summed E-state index contributed by atoms with van der Waals surface area (Å²) in [4.78, 5) is 0. The molecular weight excluding hydrogens is 395 g/mol. The molecule has 0 aromatic heterocycles. The Balaban J connectivity index is 1.57. The molecule has 4 rings (SSSR count). The molecule has 2 aromatic carbocycles. The highest BCUT2D eigenvalue weighted by Gasteiger charge is 2.38. The van der Waals surface area contributed by atoms with Gasteiger partial charge in [-0.3, -0.25) is 0 Å². The van der Waals surface area contributed by atoms with Crippen LogP contribution in [0.5, 0.6) is 0 Å². The molecule has 0 N–H and O–H groups in total. The first-order valence-corrected chi connectivity index (χ1v) is 10.5. The number of benzene rings is 2. The highest BCUT2D eigenvalue weighted by Crippen LogP contribution is 2.47. The van der Waals surface area contributed by atoms with Crippen LogP contribution in [-0.4, -0.2) is 0 Å². The van der Waals surface area contributed by atoms with Crippen LogP contribution in [0.15, 0.2) is 30.3 Å². The molecule has 1 saturated carbocycles. The summed E-state index contributed by atoms with van der Waals surface area (Å²) in [7, 11) is 0. The Morgan fingerprint density at radius 3 is 2.30 bits per heavy atom. The molecule has 0 spiro atoms. The van der Waals surface area contributed by atoms with E-state index in [1.807, 2.05) is 12.1 Å². The molecular formula is C25H23F5. The molecule has 2 aliphatic rings. The van der Waals surface area contributed by atoms with E-state index in [-0.39, 0.29) is 5.56 Å². The van der Waals surface area contributed by atoms with Crippen LogP contribution in [0.2, 0.25) is 0 Å². The maximum absolute atomic E-state index is 13.7. The molecule has 2 aliphatic carbocycles. The standard InChI is InChI=1S/C25H23F5/c1-2-15-5-9-20-18(11-15)7-8-19-12-16(6-10-21(19)20)3-4-17-13-22(26)24(23(27)14-17)25(28,29)30/h6,10,12-15,18,20H,2,5,7-9,11H2,1H3/t15-,18-,20+/m1/s1. The van der Waals surface area contributed by atoms with Crippen molar-refractivity contribution in [2.75, 3.05) is 0 Å². The summed E-state index contributed by atoms with van der Waals surface area (Å²) in [6.07, 6.45) is 2.11. The molecule has 3 atom stereocenters. The van der Waals surface area contributed by atoms with E-state index in [2.05, 4.69) is 24.8 Å². The zero-order valence-corrected chi connectivity index (χ0v) is 16.8. The van der Waals surface area contributed by atoms with Gasteiger partial charge in [0.05, 0.1) is 0 Å². The smallest absolute Gasteiger partial charge is 0.206 e. The van der Waals surface area contributed by atoms with E-state index in [1.165, 1.54) is 43.2 Å². The Kier molecular flexibility index (Phi) is 5.61. The number of halogens is 5. The van der Waals surface area contributed by atoms with Crippen LogP contribution in [0.1, 0.15) is 72.8 Å². The molecule has 0 aliphatic heterocycles. The van der Waals surface area contributed by atoms with Gasteiger partial charge >= 0.3 is 6.18 Å². The Morgan fingerprint density at radius 1 is 0.933 bits per heavy atom. The summed E-state index contributed by atoms with van der Waals surface area (Å²) in [5, 5.41) is 0. The molecule has 0 radical (unpaired) electrons. The van der Waals surface area contributed by atoms with Gasteiger partial charge in [0.1, 0.15) is 17.2 Å². The lowest BCUT2D eigenvalue weighted by Gasteiger charge is -2.40. The van der Waals surface area contributed by atoms with Crippen molar-refractivity contribution in [1.82, 2.24) is 0 Å². The number of alkyl halides is 3. The van der Waals surface area contributed by atoms with Gasteiger partial charge in [-0.25, -0.2) is 8.78 Å². The highest BCUT2D eigenvalue weighted by atomic mass is 19.4. The molecule has 0 nitrogen and oxygen atoms in total. The average molecular weight is 418 g/mol. The number of aryl methyl sites for hydroxylation is 1. The summed E-state index contributed by atoms with van der Waals surface area (Å²) in [6.45, 7) is 2.26. The molecule has 5 heteroatoms. The molecule has 0 bridgehead atoms. The third kappa shape index (κ3) is 4.10. The van der Waals surface area contributed by atoms with E-state index in [9.17, 15) is 22.0 Å². The minimum atomic E-state index is -5.08. The summed E-state index contributed by atoms with van der Waals surface area (Å²) in [6, 6.07) is 7.29. The van der Waals surface area contributed by atoms with Crippen LogP contribution < -0.4 is 0 Å². The predicted molar refractivity (Wildman–Crippen MR) is 106 cm³/mol. The van der Waals surface area contributed by atoms with Gasteiger partial charge in [0.15, 0.2) is 0 Å². The van der Waals surface area contributed by atoms with Crippen LogP contribution in [0.25, 0.3) is 0 Å². The van der Waals surface area contributed by atoms with Crippen molar-refractivity contribution in [1.29, 1.82) is 0 Å². The summed E-state index contributed by atoms with van der Waals surface area (Å²) in [5.74, 6) is 4.32. The summed E-state index contributed by atoms with van der Waals surface area (Å²) >= 11 is 0. The van der Waals surface area contributed by atoms with Crippen LogP contribution in [0.3, 0.4) is 0 Å². The van der Waals surface area contributed by atoms with Crippen molar-refractivity contribution >= 4 is 0 Å². The second kappa shape index (κ2) is 8.06. The number of rotatable bonds is 1. The Labute approximate surface area is 173 Å². The van der Waals surface area contributed by atoms with Crippen molar-refractivity contribution in [3.05, 3.63) is 69.8 Å². The molecule has 0 amide bonds. The molecule has 1 fully saturated rings. The molecule has 0 heterocycles. The van der Waals surface area contributed by atoms with Gasteiger partial charge in [0, 0.05) is 11.1 Å². The fourth-order valence-electron chi connectivity index (χ4n) is 5.12. The van der Waals surface area contributed by atoms with Crippen molar-refractivity contribution in [3.8, 4) is 11.8 Å². The van der Waals surface area contributed by atoms with Gasteiger partial charge in [-0.15, -0.1) is 0 Å². The zero-order valence-electron chi connectivity index (χ0n) is 16.8. The van der Waals surface area contributed by atoms with Gasteiger partial charge in [-0.1, -0.05) is 31.3 Å². The second-order valence-electron chi connectivity index (χ2n) is 8.47. The third-order valence-corrected chi connectivity index (χ3v) is 6.67. The monoisotopic (exact) mass is 418 g/mol. The molecule has 0 unspecified atom stereocenters. The Bertz CT molecular complexity index is 985. The summed E-state index contributed by atoms with van der Waals surface area (Å²) in [5.41, 5.74) is 1.36. The van der Waals surface area contributed by atoms with Crippen molar-refractivity contribution in [3.63, 3.8) is 0 Å². The lowest BCUT2D eigenvalue weighted by molar-refractivity contribution is -0.142. The largest absolute Gasteiger partial charge is 0.422 e. The van der Waals surface area contributed by atoms with Crippen LogP contribution in [-0.2, 0) is 12.6 Å². The Hall–Kier alpha value is -2.35. The Morgan fingerprint density at radius 2 is 1.63 bits per heavy atom. The maximum atomic E-state index is 13.7. The van der Waals surface area contributed by atoms with Gasteiger partial charge in [-0.05, 0) is 85.3 Å². The van der Waals surface area contributed by atoms with Crippen LogP contribution >= 0.6 is 0 Å². The molecule has 2 aromatic rings. The topological polar surface area (TPSA) is 0 Å². The van der Waals surface area contributed by atoms with Gasteiger partial charge < -0.3 is 0 Å². The second-order valence-corrected chi connectivity index (χ2v) is 8.47.